The molecule has 4 rings (SSSR count). The third-order valence-electron chi connectivity index (χ3n) is 6.44. The highest BCUT2D eigenvalue weighted by molar-refractivity contribution is 7.89. The van der Waals surface area contributed by atoms with Crippen LogP contribution in [0.2, 0.25) is 0 Å². The molecule has 0 unspecified atom stereocenters. The van der Waals surface area contributed by atoms with E-state index in [9.17, 15) is 13.2 Å². The minimum atomic E-state index is -3.61. The van der Waals surface area contributed by atoms with Crippen LogP contribution in [0.25, 0.3) is 11.0 Å². The number of carbonyl (C=O) groups excluding carboxylic acids is 1. The summed E-state index contributed by atoms with van der Waals surface area (Å²) >= 11 is 0. The van der Waals surface area contributed by atoms with E-state index in [0.29, 0.717) is 41.5 Å². The summed E-state index contributed by atoms with van der Waals surface area (Å²) < 4.78 is 34.0. The molecule has 1 saturated heterocycles. The lowest BCUT2D eigenvalue weighted by Crippen LogP contribution is -2.42. The third-order valence-corrected chi connectivity index (χ3v) is 8.27. The summed E-state index contributed by atoms with van der Waals surface area (Å²) in [5.41, 5.74) is 3.92. The van der Waals surface area contributed by atoms with Crippen LogP contribution in [0.4, 0.5) is 5.69 Å². The number of piperidine rings is 1. The van der Waals surface area contributed by atoms with Gasteiger partial charge in [0.05, 0.1) is 4.90 Å². The van der Waals surface area contributed by atoms with Gasteiger partial charge in [0, 0.05) is 29.7 Å². The highest BCUT2D eigenvalue weighted by Gasteiger charge is 2.32. The van der Waals surface area contributed by atoms with Crippen LogP contribution < -0.4 is 5.32 Å². The van der Waals surface area contributed by atoms with Crippen molar-refractivity contribution < 1.29 is 17.6 Å². The molecule has 1 aliphatic rings. The van der Waals surface area contributed by atoms with Gasteiger partial charge >= 0.3 is 0 Å². The molecule has 0 bridgehead atoms. The Kier molecular flexibility index (Phi) is 5.90. The molecule has 3 aromatic rings. The lowest BCUT2D eigenvalue weighted by Gasteiger charge is -2.34. The molecule has 1 aliphatic heterocycles. The second kappa shape index (κ2) is 8.37. The van der Waals surface area contributed by atoms with Gasteiger partial charge < -0.3 is 9.73 Å². The Hall–Kier alpha value is -2.64. The lowest BCUT2D eigenvalue weighted by atomic mass is 9.94. The quantitative estimate of drug-likeness (QED) is 0.582. The molecule has 0 radical (unpaired) electrons. The van der Waals surface area contributed by atoms with Crippen LogP contribution in [0, 0.1) is 32.6 Å². The van der Waals surface area contributed by atoms with Crippen LogP contribution in [-0.4, -0.2) is 31.7 Å². The predicted octanol–water partition coefficient (Wildman–Crippen LogP) is 5.28. The Morgan fingerprint density at radius 1 is 1.03 bits per heavy atom. The fourth-order valence-corrected chi connectivity index (χ4v) is 6.30. The van der Waals surface area contributed by atoms with Gasteiger partial charge in [-0.3, -0.25) is 4.79 Å². The summed E-state index contributed by atoms with van der Waals surface area (Å²) in [4.78, 5) is 13.2. The number of nitrogens with zero attached hydrogens (tertiary/aromatic N) is 1. The van der Waals surface area contributed by atoms with Gasteiger partial charge in [-0.2, -0.15) is 4.31 Å². The molecule has 1 amide bonds. The minimum Gasteiger partial charge on any atom is -0.451 e. The van der Waals surface area contributed by atoms with Crippen LogP contribution in [0.3, 0.4) is 0 Å². The summed E-state index contributed by atoms with van der Waals surface area (Å²) in [5.74, 6) is 0.493. The largest absolute Gasteiger partial charge is 0.451 e. The number of aryl methyl sites for hydroxylation is 2. The van der Waals surface area contributed by atoms with Crippen molar-refractivity contribution in [3.63, 3.8) is 0 Å². The molecule has 2 heterocycles. The van der Waals surface area contributed by atoms with Crippen LogP contribution in [0.5, 0.6) is 0 Å². The van der Waals surface area contributed by atoms with Crippen molar-refractivity contribution in [1.29, 1.82) is 0 Å². The van der Waals surface area contributed by atoms with Crippen molar-refractivity contribution in [3.8, 4) is 0 Å². The van der Waals surface area contributed by atoms with Crippen molar-refractivity contribution in [2.75, 3.05) is 18.4 Å². The first kappa shape index (κ1) is 22.6. The fourth-order valence-electron chi connectivity index (χ4n) is 4.59. The van der Waals surface area contributed by atoms with Gasteiger partial charge in [0.1, 0.15) is 5.58 Å². The second-order valence-corrected chi connectivity index (χ2v) is 11.1. The lowest BCUT2D eigenvalue weighted by molar-refractivity contribution is 0.0998. The first-order valence-electron chi connectivity index (χ1n) is 11.0. The zero-order valence-electron chi connectivity index (χ0n) is 19.2. The Labute approximate surface area is 189 Å². The van der Waals surface area contributed by atoms with Gasteiger partial charge in [0.15, 0.2) is 5.76 Å². The van der Waals surface area contributed by atoms with Crippen LogP contribution in [0.15, 0.2) is 45.7 Å². The topological polar surface area (TPSA) is 79.6 Å². The maximum absolute atomic E-state index is 13.3. The van der Waals surface area contributed by atoms with Crippen molar-refractivity contribution in [3.05, 3.63) is 58.8 Å². The van der Waals surface area contributed by atoms with E-state index in [1.54, 1.807) is 29.4 Å². The maximum Gasteiger partial charge on any atom is 0.291 e. The van der Waals surface area contributed by atoms with Crippen molar-refractivity contribution in [2.24, 2.45) is 11.8 Å². The Morgan fingerprint density at radius 3 is 2.41 bits per heavy atom. The SMILES string of the molecule is Cc1cccc(NC(=O)c2oc3ccc(S(=O)(=O)N4C[C@H](C)C[C@@H](C)C4)cc3c2C)c1C. The van der Waals surface area contributed by atoms with Gasteiger partial charge in [-0.15, -0.1) is 0 Å². The zero-order valence-corrected chi connectivity index (χ0v) is 20.0. The highest BCUT2D eigenvalue weighted by atomic mass is 32.2. The standard InChI is InChI=1S/C25H30N2O4S/c1-15-11-16(2)14-27(13-15)32(29,30)20-9-10-23-21(12-20)19(5)24(31-23)25(28)26-22-8-6-7-17(3)18(22)4/h6-10,12,15-16H,11,13-14H2,1-5H3,(H,26,28)/t15-,16-/m1/s1. The molecule has 32 heavy (non-hydrogen) atoms. The number of amides is 1. The van der Waals surface area contributed by atoms with Gasteiger partial charge in [-0.25, -0.2) is 8.42 Å². The van der Waals surface area contributed by atoms with E-state index in [-0.39, 0.29) is 16.6 Å². The monoisotopic (exact) mass is 454 g/mol. The molecular formula is C25H30N2O4S. The number of benzene rings is 2. The van der Waals surface area contributed by atoms with Crippen LogP contribution in [-0.2, 0) is 10.0 Å². The number of hydrogen-bond donors (Lipinski definition) is 1. The minimum absolute atomic E-state index is 0.190. The summed E-state index contributed by atoms with van der Waals surface area (Å²) in [7, 11) is -3.61. The molecule has 0 spiro atoms. The molecule has 1 aromatic heterocycles. The van der Waals surface area contributed by atoms with E-state index >= 15 is 0 Å². The molecule has 7 heteroatoms. The smallest absolute Gasteiger partial charge is 0.291 e. The Bertz CT molecular complexity index is 1280. The Balaban J connectivity index is 1.66. The van der Waals surface area contributed by atoms with Gasteiger partial charge in [0.25, 0.3) is 5.91 Å². The highest BCUT2D eigenvalue weighted by Crippen LogP contribution is 2.32. The number of furan rings is 1. The van der Waals surface area contributed by atoms with Gasteiger partial charge in [-0.1, -0.05) is 26.0 Å². The number of sulfonamides is 1. The molecule has 1 N–H and O–H groups in total. The maximum atomic E-state index is 13.3. The summed E-state index contributed by atoms with van der Waals surface area (Å²) in [5, 5.41) is 3.55. The second-order valence-electron chi connectivity index (χ2n) is 9.18. The van der Waals surface area contributed by atoms with E-state index in [1.807, 2.05) is 32.0 Å². The molecule has 0 aliphatic carbocycles. The van der Waals surface area contributed by atoms with Gasteiger partial charge in [-0.05, 0) is 74.4 Å². The average molecular weight is 455 g/mol. The number of fused-ring (bicyclic) bond motifs is 1. The number of nitrogens with one attached hydrogen (secondary N) is 1. The fraction of sp³-hybridized carbons (Fsp3) is 0.400. The van der Waals surface area contributed by atoms with E-state index in [2.05, 4.69) is 19.2 Å². The zero-order chi connectivity index (χ0) is 23.2. The van der Waals surface area contributed by atoms with Crippen molar-refractivity contribution in [2.45, 2.75) is 45.9 Å². The summed E-state index contributed by atoms with van der Waals surface area (Å²) in [6, 6.07) is 10.6. The molecule has 2 aromatic carbocycles. The first-order chi connectivity index (χ1) is 15.1. The molecular weight excluding hydrogens is 424 g/mol. The normalized spacial score (nSPS) is 19.9. The molecule has 0 saturated carbocycles. The summed E-state index contributed by atoms with van der Waals surface area (Å²) in [6.45, 7) is 11.0. The van der Waals surface area contributed by atoms with Crippen LogP contribution >= 0.6 is 0 Å². The number of hydrogen-bond acceptors (Lipinski definition) is 4. The van der Waals surface area contributed by atoms with E-state index in [1.165, 1.54) is 0 Å². The van der Waals surface area contributed by atoms with Crippen LogP contribution in [0.1, 0.15) is 47.5 Å². The van der Waals surface area contributed by atoms with Crippen molar-refractivity contribution >= 4 is 32.6 Å². The van der Waals surface area contributed by atoms with Gasteiger partial charge in [0.2, 0.25) is 10.0 Å². The number of anilines is 1. The average Bonchev–Trinajstić information content (AvgIpc) is 3.07. The predicted molar refractivity (Wildman–Crippen MR) is 127 cm³/mol. The van der Waals surface area contributed by atoms with E-state index < -0.39 is 10.0 Å². The third kappa shape index (κ3) is 4.07. The van der Waals surface area contributed by atoms with E-state index in [4.69, 9.17) is 4.42 Å². The molecule has 2 atom stereocenters. The number of rotatable bonds is 4. The molecule has 6 nitrogen and oxygen atoms in total. The first-order valence-corrected chi connectivity index (χ1v) is 12.4. The van der Waals surface area contributed by atoms with E-state index in [0.717, 1.165) is 23.2 Å². The molecule has 1 fully saturated rings. The van der Waals surface area contributed by atoms with Crippen molar-refractivity contribution in [1.82, 2.24) is 4.31 Å². The molecule has 170 valence electrons. The summed E-state index contributed by atoms with van der Waals surface area (Å²) in [6.07, 6.45) is 1.03. The number of carbonyl (C=O) groups is 1. The Morgan fingerprint density at radius 2 is 1.72 bits per heavy atom.